The molecule has 70 valence electrons. The number of rotatable bonds is 0. The van der Waals surface area contributed by atoms with Gasteiger partial charge in [-0.15, -0.1) is 11.8 Å². The molecule has 2 rings (SSSR count). The highest BCUT2D eigenvalue weighted by Gasteiger charge is 2.09. The normalized spacial score (nSPS) is 17.5. The van der Waals surface area contributed by atoms with Gasteiger partial charge in [0.1, 0.15) is 0 Å². The Bertz CT molecular complexity index is 285. The standard InChI is InChI=1S/C11H15NS/c1-12-8-4-5-9-13-11-7-3-2-6-10(11)12/h2-3,6-7H,4-5,8-9H2,1H3. The summed E-state index contributed by atoms with van der Waals surface area (Å²) >= 11 is 1.98. The minimum absolute atomic E-state index is 1.19. The molecule has 1 aliphatic heterocycles. The van der Waals surface area contributed by atoms with Gasteiger partial charge in [0.15, 0.2) is 0 Å². The van der Waals surface area contributed by atoms with Crippen molar-refractivity contribution in [3.05, 3.63) is 24.3 Å². The van der Waals surface area contributed by atoms with Crippen LogP contribution in [0.5, 0.6) is 0 Å². The molecular weight excluding hydrogens is 178 g/mol. The maximum atomic E-state index is 2.36. The molecule has 0 aromatic heterocycles. The summed E-state index contributed by atoms with van der Waals surface area (Å²) in [6.45, 7) is 1.19. The fourth-order valence-electron chi connectivity index (χ4n) is 1.65. The maximum absolute atomic E-state index is 2.36. The van der Waals surface area contributed by atoms with E-state index in [0.717, 1.165) is 0 Å². The van der Waals surface area contributed by atoms with Crippen molar-refractivity contribution in [3.63, 3.8) is 0 Å². The SMILES string of the molecule is CN1CCCCSc2ccccc21. The number of nitrogens with zero attached hydrogens (tertiary/aromatic N) is 1. The van der Waals surface area contributed by atoms with Gasteiger partial charge in [-0.05, 0) is 30.7 Å². The number of para-hydroxylation sites is 1. The molecule has 0 atom stereocenters. The lowest BCUT2D eigenvalue weighted by Crippen LogP contribution is -2.20. The molecule has 0 aliphatic carbocycles. The first-order valence-corrected chi connectivity index (χ1v) is 5.79. The van der Waals surface area contributed by atoms with Crippen LogP contribution in [0.3, 0.4) is 0 Å². The number of benzene rings is 1. The molecule has 0 amide bonds. The molecule has 0 unspecified atom stereocenters. The fraction of sp³-hybridized carbons (Fsp3) is 0.455. The molecule has 0 bridgehead atoms. The summed E-state index contributed by atoms with van der Waals surface area (Å²) < 4.78 is 0. The van der Waals surface area contributed by atoms with E-state index in [1.807, 2.05) is 11.8 Å². The number of hydrogen-bond acceptors (Lipinski definition) is 2. The Hall–Kier alpha value is -0.630. The third kappa shape index (κ3) is 1.99. The van der Waals surface area contributed by atoms with Crippen molar-refractivity contribution in [2.75, 3.05) is 24.2 Å². The van der Waals surface area contributed by atoms with Crippen LogP contribution < -0.4 is 4.90 Å². The first kappa shape index (κ1) is 8.95. The predicted molar refractivity (Wildman–Crippen MR) is 59.7 cm³/mol. The molecule has 2 heteroatoms. The lowest BCUT2D eigenvalue weighted by molar-refractivity contribution is 0.762. The molecule has 0 spiro atoms. The van der Waals surface area contributed by atoms with Crippen LogP contribution in [-0.4, -0.2) is 19.3 Å². The second kappa shape index (κ2) is 4.05. The highest BCUT2D eigenvalue weighted by molar-refractivity contribution is 7.99. The quantitative estimate of drug-likeness (QED) is 0.623. The predicted octanol–water partition coefficient (Wildman–Crippen LogP) is 3.01. The van der Waals surface area contributed by atoms with Gasteiger partial charge in [0.25, 0.3) is 0 Å². The van der Waals surface area contributed by atoms with Crippen LogP contribution in [0.25, 0.3) is 0 Å². The summed E-state index contributed by atoms with van der Waals surface area (Å²) in [6, 6.07) is 8.69. The zero-order valence-corrected chi connectivity index (χ0v) is 8.81. The fourth-order valence-corrected chi connectivity index (χ4v) is 2.76. The van der Waals surface area contributed by atoms with Gasteiger partial charge in [0.2, 0.25) is 0 Å². The van der Waals surface area contributed by atoms with Gasteiger partial charge >= 0.3 is 0 Å². The largest absolute Gasteiger partial charge is 0.374 e. The summed E-state index contributed by atoms with van der Waals surface area (Å²) in [5.41, 5.74) is 1.40. The monoisotopic (exact) mass is 193 g/mol. The summed E-state index contributed by atoms with van der Waals surface area (Å²) in [7, 11) is 2.19. The molecule has 0 saturated carbocycles. The van der Waals surface area contributed by atoms with E-state index in [1.165, 1.54) is 35.7 Å². The number of fused-ring (bicyclic) bond motifs is 1. The van der Waals surface area contributed by atoms with Gasteiger partial charge in [-0.2, -0.15) is 0 Å². The Kier molecular flexibility index (Phi) is 2.79. The average Bonchev–Trinajstić information content (AvgIpc) is 2.14. The second-order valence-electron chi connectivity index (χ2n) is 3.44. The van der Waals surface area contributed by atoms with E-state index in [4.69, 9.17) is 0 Å². The van der Waals surface area contributed by atoms with Crippen LogP contribution in [0.4, 0.5) is 5.69 Å². The molecule has 0 saturated heterocycles. The molecule has 1 nitrogen and oxygen atoms in total. The van der Waals surface area contributed by atoms with Crippen molar-refractivity contribution < 1.29 is 0 Å². The van der Waals surface area contributed by atoms with Crippen LogP contribution in [-0.2, 0) is 0 Å². The molecule has 1 aromatic carbocycles. The van der Waals surface area contributed by atoms with Crippen LogP contribution in [0, 0.1) is 0 Å². The summed E-state index contributed by atoms with van der Waals surface area (Å²) in [5.74, 6) is 1.27. The highest BCUT2D eigenvalue weighted by atomic mass is 32.2. The van der Waals surface area contributed by atoms with Crippen LogP contribution >= 0.6 is 11.8 Å². The van der Waals surface area contributed by atoms with E-state index >= 15 is 0 Å². The van der Waals surface area contributed by atoms with Crippen LogP contribution in [0.15, 0.2) is 29.2 Å². The molecule has 13 heavy (non-hydrogen) atoms. The van der Waals surface area contributed by atoms with E-state index in [-0.39, 0.29) is 0 Å². The van der Waals surface area contributed by atoms with E-state index < -0.39 is 0 Å². The number of thioether (sulfide) groups is 1. The summed E-state index contributed by atoms with van der Waals surface area (Å²) in [4.78, 5) is 3.80. The molecule has 1 heterocycles. The maximum Gasteiger partial charge on any atom is 0.0501 e. The van der Waals surface area contributed by atoms with E-state index in [1.54, 1.807) is 0 Å². The zero-order chi connectivity index (χ0) is 9.10. The highest BCUT2D eigenvalue weighted by Crippen LogP contribution is 2.31. The van der Waals surface area contributed by atoms with Gasteiger partial charge in [0.05, 0.1) is 5.69 Å². The summed E-state index contributed by atoms with van der Waals surface area (Å²) in [5, 5.41) is 0. The average molecular weight is 193 g/mol. The Labute approximate surface area is 84.1 Å². The number of anilines is 1. The third-order valence-electron chi connectivity index (χ3n) is 2.42. The Morgan fingerprint density at radius 1 is 1.23 bits per heavy atom. The minimum Gasteiger partial charge on any atom is -0.374 e. The van der Waals surface area contributed by atoms with Gasteiger partial charge in [0, 0.05) is 18.5 Å². The first-order chi connectivity index (χ1) is 6.38. The molecule has 1 aliphatic rings. The van der Waals surface area contributed by atoms with Crippen LogP contribution in [0.1, 0.15) is 12.8 Å². The molecule has 0 radical (unpaired) electrons. The number of hydrogen-bond donors (Lipinski definition) is 0. The smallest absolute Gasteiger partial charge is 0.0501 e. The lowest BCUT2D eigenvalue weighted by Gasteiger charge is -2.24. The molecule has 0 N–H and O–H groups in total. The van der Waals surface area contributed by atoms with Crippen molar-refractivity contribution in [1.82, 2.24) is 0 Å². The first-order valence-electron chi connectivity index (χ1n) is 4.81. The topological polar surface area (TPSA) is 3.24 Å². The Balaban J connectivity index is 2.31. The van der Waals surface area contributed by atoms with Gasteiger partial charge in [-0.1, -0.05) is 12.1 Å². The summed E-state index contributed by atoms with van der Waals surface area (Å²) in [6.07, 6.45) is 2.65. The van der Waals surface area contributed by atoms with Crippen molar-refractivity contribution >= 4 is 17.4 Å². The van der Waals surface area contributed by atoms with Crippen molar-refractivity contribution in [2.24, 2.45) is 0 Å². The molecule has 0 fully saturated rings. The van der Waals surface area contributed by atoms with Crippen molar-refractivity contribution in [1.29, 1.82) is 0 Å². The zero-order valence-electron chi connectivity index (χ0n) is 7.99. The Morgan fingerprint density at radius 3 is 3.00 bits per heavy atom. The van der Waals surface area contributed by atoms with E-state index in [9.17, 15) is 0 Å². The Morgan fingerprint density at radius 2 is 2.08 bits per heavy atom. The van der Waals surface area contributed by atoms with Gasteiger partial charge in [-0.3, -0.25) is 0 Å². The van der Waals surface area contributed by atoms with E-state index in [0.29, 0.717) is 0 Å². The molecule has 1 aromatic rings. The van der Waals surface area contributed by atoms with Crippen LogP contribution in [0.2, 0.25) is 0 Å². The third-order valence-corrected chi connectivity index (χ3v) is 3.57. The van der Waals surface area contributed by atoms with E-state index in [2.05, 4.69) is 36.2 Å². The lowest BCUT2D eigenvalue weighted by atomic mass is 10.2. The molecular formula is C11H15NS. The van der Waals surface area contributed by atoms with Gasteiger partial charge < -0.3 is 4.90 Å². The van der Waals surface area contributed by atoms with Gasteiger partial charge in [-0.25, -0.2) is 0 Å². The minimum atomic E-state index is 1.19. The second-order valence-corrected chi connectivity index (χ2v) is 4.58. The van der Waals surface area contributed by atoms with Crippen molar-refractivity contribution in [2.45, 2.75) is 17.7 Å². The van der Waals surface area contributed by atoms with Crippen molar-refractivity contribution in [3.8, 4) is 0 Å².